The first kappa shape index (κ1) is 20.7. The molecule has 0 atom stereocenters. The summed E-state index contributed by atoms with van der Waals surface area (Å²) < 4.78 is 10.8. The molecule has 0 bridgehead atoms. The van der Waals surface area contributed by atoms with Crippen molar-refractivity contribution in [3.05, 3.63) is 53.1 Å². The van der Waals surface area contributed by atoms with Crippen LogP contribution in [0.3, 0.4) is 0 Å². The highest BCUT2D eigenvalue weighted by molar-refractivity contribution is 5.92. The molecule has 1 aliphatic rings. The number of benzene rings is 2. The number of rotatable bonds is 6. The van der Waals surface area contributed by atoms with Crippen molar-refractivity contribution in [2.45, 2.75) is 33.2 Å². The van der Waals surface area contributed by atoms with E-state index in [-0.39, 0.29) is 18.2 Å². The van der Waals surface area contributed by atoms with Gasteiger partial charge in [0.2, 0.25) is 11.8 Å². The van der Waals surface area contributed by atoms with E-state index in [9.17, 15) is 9.59 Å². The van der Waals surface area contributed by atoms with Gasteiger partial charge in [0.1, 0.15) is 0 Å². The lowest BCUT2D eigenvalue weighted by Crippen LogP contribution is -2.39. The van der Waals surface area contributed by atoms with E-state index in [1.807, 2.05) is 48.2 Å². The van der Waals surface area contributed by atoms with E-state index in [4.69, 9.17) is 9.47 Å². The summed E-state index contributed by atoms with van der Waals surface area (Å²) in [5.74, 6) is 1.36. The number of methoxy groups -OCH3 is 2. The monoisotopic (exact) mass is 396 g/mol. The first-order chi connectivity index (χ1) is 13.9. The Bertz CT molecular complexity index is 910. The molecule has 2 aromatic carbocycles. The van der Waals surface area contributed by atoms with Crippen molar-refractivity contribution in [2.75, 3.05) is 32.2 Å². The first-order valence-corrected chi connectivity index (χ1v) is 9.79. The van der Waals surface area contributed by atoms with Crippen LogP contribution in [-0.4, -0.2) is 44.0 Å². The molecule has 0 saturated carbocycles. The van der Waals surface area contributed by atoms with Gasteiger partial charge in [-0.3, -0.25) is 9.59 Å². The van der Waals surface area contributed by atoms with E-state index in [1.165, 1.54) is 12.5 Å². The fourth-order valence-corrected chi connectivity index (χ4v) is 3.73. The molecule has 0 radical (unpaired) electrons. The van der Waals surface area contributed by atoms with Crippen LogP contribution in [0.25, 0.3) is 0 Å². The van der Waals surface area contributed by atoms with E-state index < -0.39 is 0 Å². The lowest BCUT2D eigenvalue weighted by molar-refractivity contribution is -0.131. The predicted octanol–water partition coefficient (Wildman–Crippen LogP) is 3.34. The molecule has 1 heterocycles. The summed E-state index contributed by atoms with van der Waals surface area (Å²) in [7, 11) is 3.23. The fourth-order valence-electron chi connectivity index (χ4n) is 3.73. The molecule has 3 rings (SSSR count). The molecule has 154 valence electrons. The molecule has 0 saturated heterocycles. The number of carbonyl (C=O) groups is 2. The van der Waals surface area contributed by atoms with Crippen LogP contribution < -0.4 is 14.4 Å². The molecule has 6 nitrogen and oxygen atoms in total. The average Bonchev–Trinajstić information content (AvgIpc) is 2.72. The van der Waals surface area contributed by atoms with Crippen LogP contribution in [0.2, 0.25) is 0 Å². The normalized spacial score (nSPS) is 12.9. The molecule has 1 aliphatic heterocycles. The highest BCUT2D eigenvalue weighted by Crippen LogP contribution is 2.33. The van der Waals surface area contributed by atoms with E-state index in [1.54, 1.807) is 19.1 Å². The summed E-state index contributed by atoms with van der Waals surface area (Å²) in [6.07, 6.45) is 1.06. The van der Waals surface area contributed by atoms with Gasteiger partial charge < -0.3 is 19.3 Å². The van der Waals surface area contributed by atoms with E-state index in [2.05, 4.69) is 0 Å². The van der Waals surface area contributed by atoms with Gasteiger partial charge in [0.15, 0.2) is 11.5 Å². The molecule has 0 unspecified atom stereocenters. The number of amides is 2. The number of ether oxygens (including phenoxy) is 2. The summed E-state index contributed by atoms with van der Waals surface area (Å²) in [5.41, 5.74) is 4.16. The number of nitrogens with zero attached hydrogens (tertiary/aromatic N) is 2. The Kier molecular flexibility index (Phi) is 6.42. The SMILES string of the molecule is COc1cc2c(cc1OC)CN(C(=O)CCN(C(C)=O)c1cccc(C)c1)CC2. The van der Waals surface area contributed by atoms with E-state index >= 15 is 0 Å². The number of anilines is 1. The molecule has 2 amide bonds. The summed E-state index contributed by atoms with van der Waals surface area (Å²) in [6, 6.07) is 11.7. The first-order valence-electron chi connectivity index (χ1n) is 9.79. The minimum absolute atomic E-state index is 0.0457. The molecular weight excluding hydrogens is 368 g/mol. The van der Waals surface area contributed by atoms with Gasteiger partial charge in [-0.2, -0.15) is 0 Å². The Hall–Kier alpha value is -3.02. The van der Waals surface area contributed by atoms with Crippen molar-refractivity contribution in [2.24, 2.45) is 0 Å². The van der Waals surface area contributed by atoms with Crippen LogP contribution in [0.4, 0.5) is 5.69 Å². The second-order valence-electron chi connectivity index (χ2n) is 7.30. The Morgan fingerprint density at radius 1 is 1.07 bits per heavy atom. The third-order valence-electron chi connectivity index (χ3n) is 5.31. The quantitative estimate of drug-likeness (QED) is 0.751. The lowest BCUT2D eigenvalue weighted by Gasteiger charge is -2.30. The Balaban J connectivity index is 1.68. The van der Waals surface area contributed by atoms with Crippen molar-refractivity contribution in [3.63, 3.8) is 0 Å². The number of carbonyl (C=O) groups excluding carboxylic acids is 2. The van der Waals surface area contributed by atoms with Gasteiger partial charge in [-0.25, -0.2) is 0 Å². The minimum Gasteiger partial charge on any atom is -0.493 e. The highest BCUT2D eigenvalue weighted by atomic mass is 16.5. The van der Waals surface area contributed by atoms with Gasteiger partial charge in [0.25, 0.3) is 0 Å². The molecule has 6 heteroatoms. The second kappa shape index (κ2) is 8.99. The van der Waals surface area contributed by atoms with Crippen molar-refractivity contribution in [3.8, 4) is 11.5 Å². The molecule has 0 N–H and O–H groups in total. The van der Waals surface area contributed by atoms with Gasteiger partial charge in [-0.1, -0.05) is 12.1 Å². The molecular formula is C23H28N2O4. The zero-order valence-electron chi connectivity index (χ0n) is 17.5. The summed E-state index contributed by atoms with van der Waals surface area (Å²) in [4.78, 5) is 28.5. The van der Waals surface area contributed by atoms with Crippen molar-refractivity contribution < 1.29 is 19.1 Å². The molecule has 0 aromatic heterocycles. The van der Waals surface area contributed by atoms with Crippen molar-refractivity contribution >= 4 is 17.5 Å². The van der Waals surface area contributed by atoms with Gasteiger partial charge in [0.05, 0.1) is 14.2 Å². The fraction of sp³-hybridized carbons (Fsp3) is 0.391. The number of hydrogen-bond acceptors (Lipinski definition) is 4. The largest absolute Gasteiger partial charge is 0.493 e. The van der Waals surface area contributed by atoms with E-state index in [0.717, 1.165) is 23.2 Å². The van der Waals surface area contributed by atoms with Crippen molar-refractivity contribution in [1.82, 2.24) is 4.90 Å². The minimum atomic E-state index is -0.0655. The van der Waals surface area contributed by atoms with Crippen LogP contribution in [0.15, 0.2) is 36.4 Å². The molecule has 29 heavy (non-hydrogen) atoms. The summed E-state index contributed by atoms with van der Waals surface area (Å²) in [6.45, 7) is 5.09. The Labute approximate surface area is 172 Å². The lowest BCUT2D eigenvalue weighted by atomic mass is 9.98. The molecule has 2 aromatic rings. The highest BCUT2D eigenvalue weighted by Gasteiger charge is 2.23. The maximum Gasteiger partial charge on any atom is 0.224 e. The maximum absolute atomic E-state index is 12.8. The smallest absolute Gasteiger partial charge is 0.224 e. The number of fused-ring (bicyclic) bond motifs is 1. The maximum atomic E-state index is 12.8. The summed E-state index contributed by atoms with van der Waals surface area (Å²) in [5, 5.41) is 0. The third kappa shape index (κ3) is 4.70. The van der Waals surface area contributed by atoms with Gasteiger partial charge in [-0.05, 0) is 54.3 Å². The zero-order valence-corrected chi connectivity index (χ0v) is 17.5. The molecule has 0 spiro atoms. The standard InChI is InChI=1S/C23H28N2O4/c1-16-6-5-7-20(12-16)25(17(2)26)11-9-23(27)24-10-8-18-13-21(28-3)22(29-4)14-19(18)15-24/h5-7,12-14H,8-11,15H2,1-4H3. The van der Waals surface area contributed by atoms with Crippen LogP contribution in [-0.2, 0) is 22.6 Å². The average molecular weight is 396 g/mol. The second-order valence-corrected chi connectivity index (χ2v) is 7.30. The van der Waals surface area contributed by atoms with Gasteiger partial charge >= 0.3 is 0 Å². The van der Waals surface area contributed by atoms with Crippen LogP contribution in [0.1, 0.15) is 30.0 Å². The number of aryl methyl sites for hydroxylation is 1. The van der Waals surface area contributed by atoms with Gasteiger partial charge in [-0.15, -0.1) is 0 Å². The Morgan fingerprint density at radius 2 is 1.76 bits per heavy atom. The van der Waals surface area contributed by atoms with Crippen molar-refractivity contribution in [1.29, 1.82) is 0 Å². The molecule has 0 fully saturated rings. The number of hydrogen-bond donors (Lipinski definition) is 0. The summed E-state index contributed by atoms with van der Waals surface area (Å²) >= 11 is 0. The predicted molar refractivity (Wildman–Crippen MR) is 112 cm³/mol. The van der Waals surface area contributed by atoms with E-state index in [0.29, 0.717) is 31.1 Å². The van der Waals surface area contributed by atoms with Crippen LogP contribution in [0.5, 0.6) is 11.5 Å². The Morgan fingerprint density at radius 3 is 2.38 bits per heavy atom. The van der Waals surface area contributed by atoms with Crippen LogP contribution >= 0.6 is 0 Å². The topological polar surface area (TPSA) is 59.1 Å². The molecule has 0 aliphatic carbocycles. The zero-order chi connectivity index (χ0) is 21.0. The van der Waals surface area contributed by atoms with Crippen LogP contribution in [0, 0.1) is 6.92 Å². The van der Waals surface area contributed by atoms with Gasteiger partial charge in [0, 0.05) is 38.7 Å². The third-order valence-corrected chi connectivity index (χ3v) is 5.31.